The summed E-state index contributed by atoms with van der Waals surface area (Å²) in [6.07, 6.45) is 2.54. The summed E-state index contributed by atoms with van der Waals surface area (Å²) in [6, 6.07) is 16.4. The number of benzene rings is 3. The number of ether oxygens (including phenoxy) is 1. The van der Waals surface area contributed by atoms with Crippen LogP contribution in [0.5, 0.6) is 5.75 Å². The zero-order valence-corrected chi connectivity index (χ0v) is 14.6. The van der Waals surface area contributed by atoms with Crippen molar-refractivity contribution < 1.29 is 9.53 Å². The molecule has 0 heterocycles. The number of hydrogen-bond donors (Lipinski definition) is 1. The van der Waals surface area contributed by atoms with Crippen LogP contribution in [0.2, 0.25) is 0 Å². The molecule has 0 unspecified atom stereocenters. The Morgan fingerprint density at radius 3 is 2.64 bits per heavy atom. The van der Waals surface area contributed by atoms with E-state index >= 15 is 0 Å². The van der Waals surface area contributed by atoms with Gasteiger partial charge in [0.1, 0.15) is 5.75 Å². The summed E-state index contributed by atoms with van der Waals surface area (Å²) < 4.78 is 5.28. The number of anilines is 1. The van der Waals surface area contributed by atoms with Crippen LogP contribution in [0.1, 0.15) is 22.3 Å². The van der Waals surface area contributed by atoms with Crippen molar-refractivity contribution in [1.29, 1.82) is 0 Å². The van der Waals surface area contributed by atoms with Crippen LogP contribution in [-0.4, -0.2) is 13.0 Å². The summed E-state index contributed by atoms with van der Waals surface area (Å²) >= 11 is 0. The van der Waals surface area contributed by atoms with E-state index in [1.807, 2.05) is 31.2 Å². The molecule has 0 radical (unpaired) electrons. The highest BCUT2D eigenvalue weighted by molar-refractivity contribution is 6.05. The molecular formula is C22H21NO2. The van der Waals surface area contributed by atoms with Gasteiger partial charge in [0.05, 0.1) is 13.5 Å². The monoisotopic (exact) mass is 331 g/mol. The second-order valence-corrected chi connectivity index (χ2v) is 6.64. The lowest BCUT2D eigenvalue weighted by Crippen LogP contribution is -2.14. The summed E-state index contributed by atoms with van der Waals surface area (Å²) in [5, 5.41) is 5.56. The molecule has 3 heteroatoms. The number of carbonyl (C=O) groups excluding carboxylic acids is 1. The molecule has 0 atom stereocenters. The first kappa shape index (κ1) is 15.7. The summed E-state index contributed by atoms with van der Waals surface area (Å²) in [6.45, 7) is 1.99. The van der Waals surface area contributed by atoms with Crippen LogP contribution in [0, 0.1) is 6.92 Å². The predicted molar refractivity (Wildman–Crippen MR) is 101 cm³/mol. The van der Waals surface area contributed by atoms with Gasteiger partial charge in [-0.25, -0.2) is 0 Å². The van der Waals surface area contributed by atoms with Crippen molar-refractivity contribution in [2.24, 2.45) is 0 Å². The molecule has 3 aromatic rings. The second kappa shape index (κ2) is 6.25. The average Bonchev–Trinajstić information content (AvgIpc) is 3.02. The maximum Gasteiger partial charge on any atom is 0.228 e. The van der Waals surface area contributed by atoms with Crippen LogP contribution < -0.4 is 10.1 Å². The number of hydrogen-bond acceptors (Lipinski definition) is 2. The van der Waals surface area contributed by atoms with Gasteiger partial charge in [-0.15, -0.1) is 0 Å². The minimum absolute atomic E-state index is 0.00302. The number of rotatable bonds is 4. The highest BCUT2D eigenvalue weighted by Crippen LogP contribution is 2.35. The predicted octanol–water partition coefficient (Wildman–Crippen LogP) is 4.44. The molecule has 0 aliphatic heterocycles. The molecule has 1 N–H and O–H groups in total. The molecule has 0 fully saturated rings. The maximum atomic E-state index is 12.5. The topological polar surface area (TPSA) is 38.3 Å². The number of amides is 1. The molecule has 0 spiro atoms. The Balaban J connectivity index is 1.58. The van der Waals surface area contributed by atoms with E-state index in [4.69, 9.17) is 4.74 Å². The SMILES string of the molecule is COc1ccc(CC(=O)Nc2ccc3c4c(cccc24)CC3)cc1C. The fourth-order valence-corrected chi connectivity index (χ4v) is 3.79. The van der Waals surface area contributed by atoms with E-state index in [2.05, 4.69) is 29.6 Å². The van der Waals surface area contributed by atoms with Gasteiger partial charge in [-0.1, -0.05) is 36.4 Å². The molecule has 0 saturated heterocycles. The Morgan fingerprint density at radius 1 is 1.08 bits per heavy atom. The largest absolute Gasteiger partial charge is 0.496 e. The van der Waals surface area contributed by atoms with Crippen LogP contribution in [0.3, 0.4) is 0 Å². The summed E-state index contributed by atoms with van der Waals surface area (Å²) in [7, 11) is 1.66. The molecule has 0 bridgehead atoms. The number of nitrogens with one attached hydrogen (secondary N) is 1. The highest BCUT2D eigenvalue weighted by Gasteiger charge is 2.16. The Hall–Kier alpha value is -2.81. The fourth-order valence-electron chi connectivity index (χ4n) is 3.79. The van der Waals surface area contributed by atoms with Crippen LogP contribution in [0.25, 0.3) is 10.8 Å². The van der Waals surface area contributed by atoms with Crippen LogP contribution >= 0.6 is 0 Å². The molecule has 126 valence electrons. The normalized spacial score (nSPS) is 12.4. The highest BCUT2D eigenvalue weighted by atomic mass is 16.5. The Kier molecular flexibility index (Phi) is 3.92. The van der Waals surface area contributed by atoms with Gasteiger partial charge in [0.2, 0.25) is 5.91 Å². The summed E-state index contributed by atoms with van der Waals surface area (Å²) in [5.41, 5.74) is 5.70. The number of carbonyl (C=O) groups is 1. The van der Waals surface area contributed by atoms with Crippen LogP contribution in [0.4, 0.5) is 5.69 Å². The second-order valence-electron chi connectivity index (χ2n) is 6.64. The van der Waals surface area contributed by atoms with E-state index in [0.29, 0.717) is 6.42 Å². The lowest BCUT2D eigenvalue weighted by atomic mass is 10.0. The van der Waals surface area contributed by atoms with Crippen molar-refractivity contribution in [2.75, 3.05) is 12.4 Å². The lowest BCUT2D eigenvalue weighted by molar-refractivity contribution is -0.115. The van der Waals surface area contributed by atoms with Crippen molar-refractivity contribution in [1.82, 2.24) is 0 Å². The van der Waals surface area contributed by atoms with Crippen molar-refractivity contribution >= 4 is 22.4 Å². The number of aryl methyl sites for hydroxylation is 3. The minimum atomic E-state index is 0.00302. The Morgan fingerprint density at radius 2 is 1.88 bits per heavy atom. The molecule has 1 amide bonds. The van der Waals surface area contributed by atoms with Gasteiger partial charge in [0.15, 0.2) is 0 Å². The fraction of sp³-hybridized carbons (Fsp3) is 0.227. The lowest BCUT2D eigenvalue weighted by Gasteiger charge is -2.11. The molecular weight excluding hydrogens is 310 g/mol. The molecule has 1 aliphatic carbocycles. The first-order chi connectivity index (χ1) is 12.2. The van der Waals surface area contributed by atoms with Crippen molar-refractivity contribution in [3.63, 3.8) is 0 Å². The molecule has 0 aromatic heterocycles. The van der Waals surface area contributed by atoms with Gasteiger partial charge in [0, 0.05) is 11.1 Å². The Labute approximate surface area is 147 Å². The number of methoxy groups -OCH3 is 1. The van der Waals surface area contributed by atoms with E-state index in [9.17, 15) is 4.79 Å². The third kappa shape index (κ3) is 2.86. The molecule has 25 heavy (non-hydrogen) atoms. The van der Waals surface area contributed by atoms with Gasteiger partial charge >= 0.3 is 0 Å². The van der Waals surface area contributed by atoms with Crippen molar-refractivity contribution in [3.8, 4) is 5.75 Å². The van der Waals surface area contributed by atoms with E-state index < -0.39 is 0 Å². The third-order valence-electron chi connectivity index (χ3n) is 4.97. The Bertz CT molecular complexity index is 965. The van der Waals surface area contributed by atoms with E-state index in [0.717, 1.165) is 40.8 Å². The van der Waals surface area contributed by atoms with Crippen LogP contribution in [-0.2, 0) is 24.1 Å². The zero-order valence-electron chi connectivity index (χ0n) is 14.6. The average molecular weight is 331 g/mol. The molecule has 3 nitrogen and oxygen atoms in total. The van der Waals surface area contributed by atoms with Gasteiger partial charge < -0.3 is 10.1 Å². The van der Waals surface area contributed by atoms with E-state index in [1.165, 1.54) is 16.5 Å². The van der Waals surface area contributed by atoms with Gasteiger partial charge in [-0.05, 0) is 59.5 Å². The molecule has 3 aromatic carbocycles. The molecule has 0 saturated carbocycles. The first-order valence-electron chi connectivity index (χ1n) is 8.62. The standard InChI is InChI=1S/C22H21NO2/c1-14-12-15(6-11-20(14)25-2)13-21(24)23-19-10-9-17-8-7-16-4-3-5-18(19)22(16)17/h3-6,9-12H,7-8,13H2,1-2H3,(H,23,24). The van der Waals surface area contributed by atoms with Crippen molar-refractivity contribution in [2.45, 2.75) is 26.2 Å². The van der Waals surface area contributed by atoms with E-state index in [1.54, 1.807) is 7.11 Å². The molecule has 1 aliphatic rings. The minimum Gasteiger partial charge on any atom is -0.496 e. The maximum absolute atomic E-state index is 12.5. The third-order valence-corrected chi connectivity index (χ3v) is 4.97. The van der Waals surface area contributed by atoms with E-state index in [-0.39, 0.29) is 5.91 Å². The first-order valence-corrected chi connectivity index (χ1v) is 8.62. The van der Waals surface area contributed by atoms with Gasteiger partial charge in [0.25, 0.3) is 0 Å². The quantitative estimate of drug-likeness (QED) is 0.768. The summed E-state index contributed by atoms with van der Waals surface area (Å²) in [4.78, 5) is 12.5. The zero-order chi connectivity index (χ0) is 17.4. The molecule has 4 rings (SSSR count). The van der Waals surface area contributed by atoms with Crippen molar-refractivity contribution in [3.05, 3.63) is 70.8 Å². The van der Waals surface area contributed by atoms with Gasteiger partial charge in [-0.3, -0.25) is 4.79 Å². The smallest absolute Gasteiger partial charge is 0.228 e. The summed E-state index contributed by atoms with van der Waals surface area (Å²) in [5.74, 6) is 0.847. The van der Waals surface area contributed by atoms with Gasteiger partial charge in [-0.2, -0.15) is 0 Å². The van der Waals surface area contributed by atoms with Crippen LogP contribution in [0.15, 0.2) is 48.5 Å².